The van der Waals surface area contributed by atoms with Crippen molar-refractivity contribution in [1.82, 2.24) is 5.01 Å². The number of nitrogens with zero attached hydrogens (tertiary/aromatic N) is 2. The summed E-state index contributed by atoms with van der Waals surface area (Å²) in [4.78, 5) is 12.2. The summed E-state index contributed by atoms with van der Waals surface area (Å²) < 4.78 is 35.8. The van der Waals surface area contributed by atoms with Gasteiger partial charge in [0, 0.05) is 19.0 Å². The van der Waals surface area contributed by atoms with Crippen LogP contribution in [0.1, 0.15) is 30.5 Å². The van der Waals surface area contributed by atoms with Crippen LogP contribution in [0.5, 0.6) is 11.5 Å². The maximum absolute atomic E-state index is 12.2. The lowest BCUT2D eigenvalue weighted by atomic mass is 9.98. The van der Waals surface area contributed by atoms with Gasteiger partial charge in [-0.3, -0.25) is 9.52 Å². The van der Waals surface area contributed by atoms with Crippen molar-refractivity contribution in [2.24, 2.45) is 5.10 Å². The third-order valence-electron chi connectivity index (χ3n) is 4.55. The maximum atomic E-state index is 12.2. The molecule has 0 saturated heterocycles. The Bertz CT molecular complexity index is 1050. The summed E-state index contributed by atoms with van der Waals surface area (Å²) in [5.74, 6) is 1.02. The van der Waals surface area contributed by atoms with Crippen molar-refractivity contribution in [3.05, 3.63) is 53.6 Å². The van der Waals surface area contributed by atoms with Gasteiger partial charge in [0.2, 0.25) is 15.9 Å². The first-order valence-electron chi connectivity index (χ1n) is 8.89. The van der Waals surface area contributed by atoms with Gasteiger partial charge in [0.1, 0.15) is 0 Å². The summed E-state index contributed by atoms with van der Waals surface area (Å²) in [7, 11) is -0.211. The lowest BCUT2D eigenvalue weighted by molar-refractivity contribution is -0.130. The van der Waals surface area contributed by atoms with Crippen LogP contribution in [0.15, 0.2) is 47.6 Å². The highest BCUT2D eigenvalue weighted by atomic mass is 32.2. The van der Waals surface area contributed by atoms with E-state index in [0.29, 0.717) is 23.6 Å². The number of rotatable bonds is 6. The topological polar surface area (TPSA) is 97.3 Å². The van der Waals surface area contributed by atoms with Crippen LogP contribution in [0.25, 0.3) is 0 Å². The van der Waals surface area contributed by atoms with Gasteiger partial charge in [0.05, 0.1) is 32.2 Å². The number of hydrazone groups is 1. The highest BCUT2D eigenvalue weighted by molar-refractivity contribution is 7.92. The Hall–Kier alpha value is -3.07. The summed E-state index contributed by atoms with van der Waals surface area (Å²) in [5.41, 5.74) is 2.91. The van der Waals surface area contributed by atoms with Crippen LogP contribution in [0.2, 0.25) is 0 Å². The molecule has 0 fully saturated rings. The van der Waals surface area contributed by atoms with Gasteiger partial charge in [-0.15, -0.1) is 0 Å². The van der Waals surface area contributed by atoms with Crippen molar-refractivity contribution in [3.63, 3.8) is 0 Å². The van der Waals surface area contributed by atoms with Crippen LogP contribution in [0, 0.1) is 0 Å². The van der Waals surface area contributed by atoms with Crippen LogP contribution in [0.4, 0.5) is 5.69 Å². The molecule has 3 rings (SSSR count). The quantitative estimate of drug-likeness (QED) is 0.779. The minimum absolute atomic E-state index is 0.171. The normalized spacial score (nSPS) is 16.3. The molecule has 1 amide bonds. The van der Waals surface area contributed by atoms with E-state index in [1.165, 1.54) is 11.9 Å². The Morgan fingerprint density at radius 3 is 2.31 bits per heavy atom. The fourth-order valence-corrected chi connectivity index (χ4v) is 3.80. The van der Waals surface area contributed by atoms with E-state index in [9.17, 15) is 13.2 Å². The van der Waals surface area contributed by atoms with Crippen LogP contribution in [-0.2, 0) is 14.8 Å². The van der Waals surface area contributed by atoms with Crippen molar-refractivity contribution in [2.75, 3.05) is 25.2 Å². The van der Waals surface area contributed by atoms with E-state index in [1.54, 1.807) is 44.6 Å². The number of hydrogen-bond acceptors (Lipinski definition) is 6. The van der Waals surface area contributed by atoms with Gasteiger partial charge in [0.15, 0.2) is 11.5 Å². The summed E-state index contributed by atoms with van der Waals surface area (Å²) in [6, 6.07) is 12.2. The Kier molecular flexibility index (Phi) is 5.78. The highest BCUT2D eigenvalue weighted by Gasteiger charge is 2.32. The molecule has 8 nitrogen and oxygen atoms in total. The second kappa shape index (κ2) is 8.12. The molecule has 0 aromatic heterocycles. The number of sulfonamides is 1. The third-order valence-corrected chi connectivity index (χ3v) is 5.15. The molecule has 2 aromatic carbocycles. The molecule has 1 aliphatic rings. The molecule has 1 atom stereocenters. The molecule has 2 aromatic rings. The van der Waals surface area contributed by atoms with E-state index >= 15 is 0 Å². The fourth-order valence-electron chi connectivity index (χ4n) is 3.24. The average molecular weight is 417 g/mol. The number of benzene rings is 2. The standard InChI is InChI=1S/C20H23N3O5S/c1-13(24)23-18(15-7-10-19(27-2)20(11-15)28-3)12-17(21-23)14-5-8-16(9-6-14)22-29(4,25)26/h5-11,18,22H,12H2,1-4H3. The molecular weight excluding hydrogens is 394 g/mol. The number of hydrogen-bond donors (Lipinski definition) is 1. The first-order chi connectivity index (χ1) is 13.7. The number of anilines is 1. The Balaban J connectivity index is 1.88. The summed E-state index contributed by atoms with van der Waals surface area (Å²) in [5, 5.41) is 5.97. The Morgan fingerprint density at radius 1 is 1.10 bits per heavy atom. The second-order valence-corrected chi connectivity index (χ2v) is 8.44. The molecule has 0 spiro atoms. The molecule has 1 N–H and O–H groups in total. The monoisotopic (exact) mass is 417 g/mol. The molecule has 0 bridgehead atoms. The van der Waals surface area contributed by atoms with E-state index in [-0.39, 0.29) is 11.9 Å². The minimum Gasteiger partial charge on any atom is -0.493 e. The summed E-state index contributed by atoms with van der Waals surface area (Å²) in [6.07, 6.45) is 1.62. The third kappa shape index (κ3) is 4.68. The number of methoxy groups -OCH3 is 2. The highest BCUT2D eigenvalue weighted by Crippen LogP contribution is 2.37. The number of ether oxygens (including phenoxy) is 2. The molecule has 1 heterocycles. The molecular formula is C20H23N3O5S. The molecule has 1 aliphatic heterocycles. The predicted molar refractivity (Wildman–Crippen MR) is 111 cm³/mol. The first kappa shape index (κ1) is 20.7. The van der Waals surface area contributed by atoms with Crippen molar-refractivity contribution >= 4 is 27.3 Å². The summed E-state index contributed by atoms with van der Waals surface area (Å²) >= 11 is 0. The van der Waals surface area contributed by atoms with Gasteiger partial charge >= 0.3 is 0 Å². The van der Waals surface area contributed by atoms with Crippen molar-refractivity contribution < 1.29 is 22.7 Å². The molecule has 0 saturated carbocycles. The number of amides is 1. The zero-order chi connectivity index (χ0) is 21.2. The largest absolute Gasteiger partial charge is 0.493 e. The number of nitrogens with one attached hydrogen (secondary N) is 1. The lowest BCUT2D eigenvalue weighted by Gasteiger charge is -2.21. The molecule has 29 heavy (non-hydrogen) atoms. The first-order valence-corrected chi connectivity index (χ1v) is 10.8. The molecule has 154 valence electrons. The Labute approximate surface area is 170 Å². The van der Waals surface area contributed by atoms with E-state index in [4.69, 9.17) is 9.47 Å². The molecule has 0 radical (unpaired) electrons. The van der Waals surface area contributed by atoms with Gasteiger partial charge in [-0.2, -0.15) is 5.10 Å². The minimum atomic E-state index is -3.34. The van der Waals surface area contributed by atoms with Crippen LogP contribution in [0.3, 0.4) is 0 Å². The van der Waals surface area contributed by atoms with Crippen LogP contribution >= 0.6 is 0 Å². The summed E-state index contributed by atoms with van der Waals surface area (Å²) in [6.45, 7) is 1.47. The van der Waals surface area contributed by atoms with E-state index < -0.39 is 10.0 Å². The SMILES string of the molecule is COc1ccc(C2CC(c3ccc(NS(C)(=O)=O)cc3)=NN2C(C)=O)cc1OC. The molecule has 1 unspecified atom stereocenters. The zero-order valence-corrected chi connectivity index (χ0v) is 17.5. The van der Waals surface area contributed by atoms with Crippen LogP contribution < -0.4 is 14.2 Å². The van der Waals surface area contributed by atoms with Gasteiger partial charge in [-0.1, -0.05) is 18.2 Å². The number of carbonyl (C=O) groups excluding carboxylic acids is 1. The van der Waals surface area contributed by atoms with Gasteiger partial charge in [-0.05, 0) is 35.4 Å². The van der Waals surface area contributed by atoms with E-state index in [1.807, 2.05) is 12.1 Å². The maximum Gasteiger partial charge on any atom is 0.240 e. The molecule has 0 aliphatic carbocycles. The lowest BCUT2D eigenvalue weighted by Crippen LogP contribution is -2.24. The average Bonchev–Trinajstić information content (AvgIpc) is 3.12. The molecule has 9 heteroatoms. The predicted octanol–water partition coefficient (Wildman–Crippen LogP) is 2.77. The fraction of sp³-hybridized carbons (Fsp3) is 0.300. The van der Waals surface area contributed by atoms with Crippen LogP contribution in [-0.4, -0.2) is 45.5 Å². The van der Waals surface area contributed by atoms with Crippen molar-refractivity contribution in [3.8, 4) is 11.5 Å². The van der Waals surface area contributed by atoms with E-state index in [0.717, 1.165) is 23.1 Å². The van der Waals surface area contributed by atoms with Gasteiger partial charge in [-0.25, -0.2) is 13.4 Å². The van der Waals surface area contributed by atoms with Crippen molar-refractivity contribution in [2.45, 2.75) is 19.4 Å². The van der Waals surface area contributed by atoms with Crippen molar-refractivity contribution in [1.29, 1.82) is 0 Å². The van der Waals surface area contributed by atoms with Gasteiger partial charge in [0.25, 0.3) is 0 Å². The second-order valence-electron chi connectivity index (χ2n) is 6.70. The zero-order valence-electron chi connectivity index (χ0n) is 16.7. The van der Waals surface area contributed by atoms with Gasteiger partial charge < -0.3 is 9.47 Å². The Morgan fingerprint density at radius 2 is 1.76 bits per heavy atom. The number of carbonyl (C=O) groups is 1. The van der Waals surface area contributed by atoms with E-state index in [2.05, 4.69) is 9.82 Å². The smallest absolute Gasteiger partial charge is 0.240 e.